The molecular formula is C20H36N6O5. The van der Waals surface area contributed by atoms with Gasteiger partial charge in [-0.2, -0.15) is 0 Å². The molecule has 2 heterocycles. The van der Waals surface area contributed by atoms with E-state index in [-0.39, 0.29) is 37.2 Å². The number of hydrogen-bond donors (Lipinski definition) is 3. The van der Waals surface area contributed by atoms with Crippen LogP contribution in [0.1, 0.15) is 48.5 Å². The van der Waals surface area contributed by atoms with Crippen molar-refractivity contribution in [1.29, 1.82) is 0 Å². The van der Waals surface area contributed by atoms with Crippen molar-refractivity contribution in [2.75, 3.05) is 32.7 Å². The fourth-order valence-corrected chi connectivity index (χ4v) is 3.59. The van der Waals surface area contributed by atoms with Crippen molar-refractivity contribution >= 4 is 24.0 Å². The zero-order chi connectivity index (χ0) is 23.4. The second-order valence-electron chi connectivity index (χ2n) is 9.04. The van der Waals surface area contributed by atoms with Crippen molar-refractivity contribution in [3.8, 4) is 0 Å². The van der Waals surface area contributed by atoms with E-state index in [1.807, 2.05) is 48.5 Å². The molecule has 0 aromatic carbocycles. The highest BCUT2D eigenvalue weighted by Crippen LogP contribution is 2.33. The van der Waals surface area contributed by atoms with Crippen LogP contribution >= 0.6 is 0 Å². The highest BCUT2D eigenvalue weighted by atomic mass is 16.6. The van der Waals surface area contributed by atoms with Crippen LogP contribution in [0.4, 0.5) is 9.59 Å². The van der Waals surface area contributed by atoms with Gasteiger partial charge in [-0.15, -0.1) is 0 Å². The van der Waals surface area contributed by atoms with E-state index < -0.39 is 17.4 Å². The van der Waals surface area contributed by atoms with E-state index in [4.69, 9.17) is 9.47 Å². The first kappa shape index (κ1) is 24.7. The monoisotopic (exact) mass is 440 g/mol. The third-order valence-corrected chi connectivity index (χ3v) is 4.86. The average Bonchev–Trinajstić information content (AvgIpc) is 3.06. The van der Waals surface area contributed by atoms with E-state index in [1.54, 1.807) is 4.90 Å². The van der Waals surface area contributed by atoms with Gasteiger partial charge in [0.2, 0.25) is 5.91 Å². The third kappa shape index (κ3) is 6.46. The second kappa shape index (κ2) is 9.71. The van der Waals surface area contributed by atoms with Gasteiger partial charge >= 0.3 is 12.1 Å². The number of rotatable bonds is 6. The molecule has 0 aromatic rings. The SMILES string of the molecule is CCNC(=NCC1C(C)OC(C)(C)N1C(=O)OC(C)(C)C)NCCN1C(=O)CNC1=O. The number of imide groups is 1. The lowest BCUT2D eigenvalue weighted by molar-refractivity contribution is -0.124. The summed E-state index contributed by atoms with van der Waals surface area (Å²) in [6, 6.07) is -0.702. The number of urea groups is 1. The maximum Gasteiger partial charge on any atom is 0.412 e. The Morgan fingerprint density at radius 3 is 2.55 bits per heavy atom. The van der Waals surface area contributed by atoms with Gasteiger partial charge in [-0.3, -0.25) is 19.6 Å². The number of nitrogens with one attached hydrogen (secondary N) is 3. The fraction of sp³-hybridized carbons (Fsp3) is 0.800. The van der Waals surface area contributed by atoms with Gasteiger partial charge in [0.15, 0.2) is 5.96 Å². The maximum absolute atomic E-state index is 12.9. The molecule has 3 N–H and O–H groups in total. The zero-order valence-electron chi connectivity index (χ0n) is 19.6. The molecule has 0 aliphatic carbocycles. The predicted molar refractivity (Wildman–Crippen MR) is 116 cm³/mol. The molecule has 176 valence electrons. The second-order valence-corrected chi connectivity index (χ2v) is 9.04. The number of hydrogen-bond acceptors (Lipinski definition) is 6. The molecule has 0 radical (unpaired) electrons. The van der Waals surface area contributed by atoms with Gasteiger partial charge < -0.3 is 25.4 Å². The predicted octanol–water partition coefficient (Wildman–Crippen LogP) is 0.854. The summed E-state index contributed by atoms with van der Waals surface area (Å²) in [6.45, 7) is 14.5. The summed E-state index contributed by atoms with van der Waals surface area (Å²) >= 11 is 0. The summed E-state index contributed by atoms with van der Waals surface area (Å²) in [4.78, 5) is 43.5. The summed E-state index contributed by atoms with van der Waals surface area (Å²) in [6.07, 6.45) is -0.682. The Morgan fingerprint density at radius 2 is 2.00 bits per heavy atom. The molecule has 2 saturated heterocycles. The lowest BCUT2D eigenvalue weighted by Gasteiger charge is -2.34. The molecule has 2 aliphatic rings. The molecule has 0 saturated carbocycles. The average molecular weight is 441 g/mol. The summed E-state index contributed by atoms with van der Waals surface area (Å²) < 4.78 is 11.6. The Bertz CT molecular complexity index is 701. The molecule has 11 nitrogen and oxygen atoms in total. The number of carbonyl (C=O) groups excluding carboxylic acids is 3. The van der Waals surface area contributed by atoms with Gasteiger partial charge in [0.25, 0.3) is 0 Å². The molecule has 31 heavy (non-hydrogen) atoms. The summed E-state index contributed by atoms with van der Waals surface area (Å²) in [5.74, 6) is 0.275. The molecule has 0 bridgehead atoms. The topological polar surface area (TPSA) is 125 Å². The zero-order valence-corrected chi connectivity index (χ0v) is 19.6. The molecule has 2 aliphatic heterocycles. The van der Waals surface area contributed by atoms with Crippen LogP contribution < -0.4 is 16.0 Å². The largest absolute Gasteiger partial charge is 0.444 e. The van der Waals surface area contributed by atoms with E-state index in [1.165, 1.54) is 0 Å². The quantitative estimate of drug-likeness (QED) is 0.318. The lowest BCUT2D eigenvalue weighted by Crippen LogP contribution is -2.51. The Hall–Kier alpha value is -2.56. The van der Waals surface area contributed by atoms with Crippen LogP contribution in [0.5, 0.6) is 0 Å². The Labute approximate surface area is 183 Å². The number of guanidine groups is 1. The Kier molecular flexibility index (Phi) is 7.74. The number of aliphatic imine (C=N–C) groups is 1. The van der Waals surface area contributed by atoms with Crippen LogP contribution in [0.2, 0.25) is 0 Å². The van der Waals surface area contributed by atoms with Gasteiger partial charge in [0.1, 0.15) is 11.3 Å². The highest BCUT2D eigenvalue weighted by Gasteiger charge is 2.49. The number of amides is 4. The van der Waals surface area contributed by atoms with Crippen molar-refractivity contribution in [3.63, 3.8) is 0 Å². The summed E-state index contributed by atoms with van der Waals surface area (Å²) in [5.41, 5.74) is -1.44. The van der Waals surface area contributed by atoms with Crippen LogP contribution in [0.3, 0.4) is 0 Å². The van der Waals surface area contributed by atoms with E-state index in [9.17, 15) is 14.4 Å². The van der Waals surface area contributed by atoms with Gasteiger partial charge in [-0.25, -0.2) is 9.59 Å². The molecule has 2 rings (SSSR count). The van der Waals surface area contributed by atoms with Gasteiger partial charge in [-0.1, -0.05) is 0 Å². The summed E-state index contributed by atoms with van der Waals surface area (Å²) in [5, 5.41) is 8.74. The molecule has 4 amide bonds. The normalized spacial score (nSPS) is 23.8. The van der Waals surface area contributed by atoms with Crippen LogP contribution in [-0.2, 0) is 14.3 Å². The van der Waals surface area contributed by atoms with Crippen molar-refractivity contribution in [1.82, 2.24) is 25.8 Å². The molecule has 0 aromatic heterocycles. The third-order valence-electron chi connectivity index (χ3n) is 4.86. The fourth-order valence-electron chi connectivity index (χ4n) is 3.59. The standard InChI is InChI=1S/C20H36N6O5/c1-8-21-16(22-9-10-25-15(27)12-24-17(25)28)23-11-14-13(2)30-20(6,7)26(14)18(29)31-19(3,4)5/h13-14H,8-12H2,1-7H3,(H,24,28)(H2,21,22,23). The van der Waals surface area contributed by atoms with Gasteiger partial charge in [0, 0.05) is 19.6 Å². The van der Waals surface area contributed by atoms with Crippen LogP contribution in [0.15, 0.2) is 4.99 Å². The smallest absolute Gasteiger partial charge is 0.412 e. The summed E-state index contributed by atoms with van der Waals surface area (Å²) in [7, 11) is 0. The first-order valence-electron chi connectivity index (χ1n) is 10.7. The first-order chi connectivity index (χ1) is 14.4. The van der Waals surface area contributed by atoms with E-state index in [0.29, 0.717) is 25.6 Å². The lowest BCUT2D eigenvalue weighted by atomic mass is 10.1. The highest BCUT2D eigenvalue weighted by molar-refractivity contribution is 6.01. The van der Waals surface area contributed by atoms with E-state index >= 15 is 0 Å². The van der Waals surface area contributed by atoms with Crippen molar-refractivity contribution in [2.24, 2.45) is 4.99 Å². The van der Waals surface area contributed by atoms with E-state index in [2.05, 4.69) is 20.9 Å². The minimum atomic E-state index is -0.822. The van der Waals surface area contributed by atoms with Crippen molar-refractivity contribution in [3.05, 3.63) is 0 Å². The van der Waals surface area contributed by atoms with Gasteiger partial charge in [-0.05, 0) is 48.5 Å². The van der Waals surface area contributed by atoms with Crippen LogP contribution in [0.25, 0.3) is 0 Å². The minimum absolute atomic E-state index is 0.0306. The van der Waals surface area contributed by atoms with Crippen LogP contribution in [-0.4, -0.2) is 90.0 Å². The number of nitrogens with zero attached hydrogens (tertiary/aromatic N) is 3. The van der Waals surface area contributed by atoms with E-state index in [0.717, 1.165) is 4.90 Å². The van der Waals surface area contributed by atoms with Gasteiger partial charge in [0.05, 0.1) is 25.2 Å². The number of ether oxygens (including phenoxy) is 2. The maximum atomic E-state index is 12.9. The Morgan fingerprint density at radius 1 is 1.32 bits per heavy atom. The molecule has 2 fully saturated rings. The molecular weight excluding hydrogens is 404 g/mol. The molecule has 0 spiro atoms. The molecule has 2 atom stereocenters. The molecule has 11 heteroatoms. The first-order valence-corrected chi connectivity index (χ1v) is 10.7. The Balaban J connectivity index is 2.05. The van der Waals surface area contributed by atoms with Crippen LogP contribution in [0, 0.1) is 0 Å². The minimum Gasteiger partial charge on any atom is -0.444 e. The van der Waals surface area contributed by atoms with Crippen molar-refractivity contribution < 1.29 is 23.9 Å². The number of carbonyl (C=O) groups is 3. The van der Waals surface area contributed by atoms with Crippen molar-refractivity contribution in [2.45, 2.75) is 71.9 Å². The molecule has 2 unspecified atom stereocenters.